The van der Waals surface area contributed by atoms with E-state index in [4.69, 9.17) is 30.6 Å². The number of aromatic nitrogens is 3. The van der Waals surface area contributed by atoms with Crippen molar-refractivity contribution >= 4 is 62.9 Å². The van der Waals surface area contributed by atoms with Gasteiger partial charge in [-0.1, -0.05) is 42.3 Å². The number of carbonyl (C=O) groups is 5. The highest BCUT2D eigenvalue weighted by Gasteiger charge is 2.52. The van der Waals surface area contributed by atoms with Crippen LogP contribution in [-0.2, 0) is 19.1 Å². The summed E-state index contributed by atoms with van der Waals surface area (Å²) in [5.74, 6) is -0.585. The number of benzene rings is 3. The molecule has 3 N–H and O–H groups in total. The number of piperazine rings is 1. The lowest BCUT2D eigenvalue weighted by Crippen LogP contribution is -2.54. The second-order valence-corrected chi connectivity index (χ2v) is 20.0. The molecule has 2 bridgehead atoms. The zero-order valence-electron chi connectivity index (χ0n) is 40.8. The number of imide groups is 2. The van der Waals surface area contributed by atoms with E-state index in [0.717, 1.165) is 36.2 Å². The molecule has 5 saturated heterocycles. The second-order valence-electron chi connectivity index (χ2n) is 20.0. The van der Waals surface area contributed by atoms with E-state index in [9.17, 15) is 24.0 Å². The Kier molecular flexibility index (Phi) is 12.9. The van der Waals surface area contributed by atoms with Crippen LogP contribution in [0.15, 0.2) is 66.9 Å². The Hall–Kier alpha value is -7.60. The van der Waals surface area contributed by atoms with E-state index in [1.54, 1.807) is 49.6 Å². The lowest BCUT2D eigenvalue weighted by Gasteiger charge is -2.35. The van der Waals surface area contributed by atoms with Gasteiger partial charge in [0.1, 0.15) is 42.1 Å². The molecule has 5 atom stereocenters. The van der Waals surface area contributed by atoms with E-state index in [1.807, 2.05) is 0 Å². The fourth-order valence-corrected chi connectivity index (χ4v) is 11.6. The molecule has 18 nitrogen and oxygen atoms in total. The number of carbonyl (C=O) groups excluding carboxylic acids is 5. The largest absolute Gasteiger partial charge is 0.461 e. The Morgan fingerprint density at radius 2 is 1.81 bits per heavy atom. The van der Waals surface area contributed by atoms with E-state index in [-0.39, 0.29) is 97.9 Å². The second kappa shape index (κ2) is 19.7. The molecule has 0 saturated carbocycles. The van der Waals surface area contributed by atoms with Gasteiger partial charge in [-0.2, -0.15) is 9.97 Å². The maximum Gasteiger partial charge on any atom is 0.409 e. The first-order valence-electron chi connectivity index (χ1n) is 25.0. The summed E-state index contributed by atoms with van der Waals surface area (Å²) in [6, 6.07) is 12.3. The van der Waals surface area contributed by atoms with Crippen molar-refractivity contribution in [3.05, 3.63) is 95.2 Å². The first-order chi connectivity index (χ1) is 35.8. The highest BCUT2D eigenvalue weighted by Crippen LogP contribution is 2.45. The standard InChI is InChI=1S/C54H54F2N10O8/c1-4-36-41(55)13-8-31-6-5-7-38(44(31)36)46-45(56)47-40(24-58-46)48(64-26-33-9-10-34(27-64)59-33)62-52(61-47)74-29-54-17-16-35(65(54)25-30(2)23-54)28-73-53(71)63(3)19-21-72-20-18-57-32-11-12-37-39(22-32)51(70)66(50(37)69)42-14-15-43(67)60-49(42)68/h1,5-8,11-13,22,24,33-35,42,57,59H,2,9-10,14-21,23,25-29H2,3H3,(H,60,67,68)/t33?,34?,35-,42?,54-/m0/s1. The topological polar surface area (TPSA) is 201 Å². The van der Waals surface area contributed by atoms with Crippen LogP contribution in [0.1, 0.15) is 71.2 Å². The smallest absolute Gasteiger partial charge is 0.409 e. The van der Waals surface area contributed by atoms with Crippen molar-refractivity contribution in [1.82, 2.24) is 40.3 Å². The number of fused-ring (bicyclic) bond motifs is 6. The molecule has 3 unspecified atom stereocenters. The molecule has 11 rings (SSSR count). The fraction of sp³-hybridized carbons (Fsp3) is 0.407. The molecule has 3 aromatic carbocycles. The minimum Gasteiger partial charge on any atom is -0.461 e. The summed E-state index contributed by atoms with van der Waals surface area (Å²) >= 11 is 0. The number of ether oxygens (including phenoxy) is 3. The molecule has 0 aliphatic carbocycles. The van der Waals surface area contributed by atoms with Crippen LogP contribution in [0.2, 0.25) is 0 Å². The third-order valence-electron chi connectivity index (χ3n) is 15.3. The van der Waals surface area contributed by atoms with Gasteiger partial charge >= 0.3 is 12.1 Å². The Labute approximate surface area is 424 Å². The molecule has 6 aliphatic heterocycles. The number of hydrogen-bond donors (Lipinski definition) is 3. The van der Waals surface area contributed by atoms with Gasteiger partial charge in [-0.25, -0.2) is 13.6 Å². The normalized spacial score (nSPS) is 23.4. The number of hydrogen-bond acceptors (Lipinski definition) is 15. The zero-order valence-corrected chi connectivity index (χ0v) is 40.8. The molecule has 5 amide bonds. The Morgan fingerprint density at radius 1 is 1.00 bits per heavy atom. The summed E-state index contributed by atoms with van der Waals surface area (Å²) in [5, 5.41) is 10.5. The van der Waals surface area contributed by atoms with E-state index >= 15 is 8.78 Å². The third-order valence-corrected chi connectivity index (χ3v) is 15.3. The molecule has 20 heteroatoms. The van der Waals surface area contributed by atoms with Crippen molar-refractivity contribution in [1.29, 1.82) is 0 Å². The molecule has 2 aromatic heterocycles. The zero-order chi connectivity index (χ0) is 51.4. The molecule has 8 heterocycles. The van der Waals surface area contributed by atoms with Gasteiger partial charge in [0, 0.05) is 87.2 Å². The molecule has 0 radical (unpaired) electrons. The van der Waals surface area contributed by atoms with E-state index in [0.29, 0.717) is 65.8 Å². The van der Waals surface area contributed by atoms with Gasteiger partial charge in [-0.15, -0.1) is 6.42 Å². The number of rotatable bonds is 15. The summed E-state index contributed by atoms with van der Waals surface area (Å²) in [5.41, 5.74) is 1.84. The number of nitrogens with zero attached hydrogens (tertiary/aromatic N) is 7. The molecule has 5 fully saturated rings. The predicted molar refractivity (Wildman–Crippen MR) is 268 cm³/mol. The van der Waals surface area contributed by atoms with Gasteiger partial charge in [0.15, 0.2) is 5.82 Å². The first-order valence-corrected chi connectivity index (χ1v) is 25.0. The maximum atomic E-state index is 17.2. The number of halogens is 2. The van der Waals surface area contributed by atoms with Crippen LogP contribution in [0.4, 0.5) is 25.1 Å². The van der Waals surface area contributed by atoms with E-state index in [1.165, 1.54) is 17.0 Å². The maximum absolute atomic E-state index is 17.2. The molecule has 6 aliphatic rings. The minimum atomic E-state index is -1.04. The number of nitrogens with one attached hydrogen (secondary N) is 3. The summed E-state index contributed by atoms with van der Waals surface area (Å²) in [6.45, 7) is 7.71. The van der Waals surface area contributed by atoms with Crippen molar-refractivity contribution in [3.63, 3.8) is 0 Å². The number of pyridine rings is 1. The van der Waals surface area contributed by atoms with Crippen LogP contribution in [0.25, 0.3) is 32.9 Å². The van der Waals surface area contributed by atoms with Crippen molar-refractivity contribution < 1.29 is 47.0 Å². The minimum absolute atomic E-state index is 0.0153. The fourth-order valence-electron chi connectivity index (χ4n) is 11.6. The lowest BCUT2D eigenvalue weighted by molar-refractivity contribution is -0.136. The van der Waals surface area contributed by atoms with Gasteiger partial charge in [-0.3, -0.25) is 39.3 Å². The average Bonchev–Trinajstić information content (AvgIpc) is 4.10. The SMILES string of the molecule is C#Cc1c(F)ccc2cccc(-c3ncc4c(N5CC6CCC(C5)N6)nc(OC[C@@]56CC[C@@H](COC(=O)N(C)CCOCCNc7ccc8c(c7)C(=O)N(C7CCC(=O)NC7=O)C8=O)N5CC(=C)C6)nc4c3F)c12. The van der Waals surface area contributed by atoms with Crippen molar-refractivity contribution in [2.24, 2.45) is 0 Å². The van der Waals surface area contributed by atoms with Gasteiger partial charge in [-0.05, 0) is 68.2 Å². The molecule has 74 heavy (non-hydrogen) atoms. The quantitative estimate of drug-likeness (QED) is 0.0536. The van der Waals surface area contributed by atoms with Crippen molar-refractivity contribution in [2.45, 2.75) is 74.7 Å². The highest BCUT2D eigenvalue weighted by atomic mass is 19.1. The van der Waals surface area contributed by atoms with Crippen LogP contribution in [-0.4, -0.2) is 155 Å². The van der Waals surface area contributed by atoms with Gasteiger partial charge < -0.3 is 34.6 Å². The van der Waals surface area contributed by atoms with Gasteiger partial charge in [0.2, 0.25) is 11.8 Å². The third kappa shape index (κ3) is 8.92. The van der Waals surface area contributed by atoms with E-state index in [2.05, 4.69) is 43.2 Å². The number of terminal acetylenes is 1. The molecular weight excluding hydrogens is 955 g/mol. The Morgan fingerprint density at radius 3 is 2.61 bits per heavy atom. The molecular formula is C54H54F2N10O8. The lowest BCUT2D eigenvalue weighted by atomic mass is 9.94. The van der Waals surface area contributed by atoms with E-state index < -0.39 is 52.9 Å². The van der Waals surface area contributed by atoms with Crippen LogP contribution in [0.3, 0.4) is 0 Å². The number of likely N-dealkylation sites (N-methyl/N-ethyl adjacent to an activating group) is 1. The number of piperidine rings is 1. The van der Waals surface area contributed by atoms with Crippen LogP contribution < -0.4 is 25.6 Å². The number of amides is 5. The summed E-state index contributed by atoms with van der Waals surface area (Å²) < 4.78 is 50.4. The predicted octanol–water partition coefficient (Wildman–Crippen LogP) is 5.19. The number of anilines is 2. The van der Waals surface area contributed by atoms with Crippen LogP contribution >= 0.6 is 0 Å². The van der Waals surface area contributed by atoms with Gasteiger partial charge in [0.25, 0.3) is 11.8 Å². The summed E-state index contributed by atoms with van der Waals surface area (Å²) in [6.07, 6.45) is 11.1. The Balaban J connectivity index is 0.708. The monoisotopic (exact) mass is 1010 g/mol. The average molecular weight is 1010 g/mol. The Bertz CT molecular complexity index is 3210. The summed E-state index contributed by atoms with van der Waals surface area (Å²) in [4.78, 5) is 84.5. The van der Waals surface area contributed by atoms with Crippen LogP contribution in [0, 0.1) is 24.0 Å². The van der Waals surface area contributed by atoms with Crippen molar-refractivity contribution in [3.8, 4) is 29.6 Å². The molecule has 382 valence electrons. The first kappa shape index (κ1) is 48.7. The molecule has 5 aromatic rings. The van der Waals surface area contributed by atoms with Gasteiger partial charge in [0.05, 0.1) is 40.8 Å². The summed E-state index contributed by atoms with van der Waals surface area (Å²) in [7, 11) is 1.64. The van der Waals surface area contributed by atoms with Crippen LogP contribution in [0.5, 0.6) is 6.01 Å². The molecule has 0 spiro atoms. The van der Waals surface area contributed by atoms with Crippen molar-refractivity contribution in [2.75, 3.05) is 76.4 Å². The highest BCUT2D eigenvalue weighted by molar-refractivity contribution is 6.23.